The second kappa shape index (κ2) is 7.80. The van der Waals surface area contributed by atoms with Crippen LogP contribution in [0.3, 0.4) is 0 Å². The zero-order valence-corrected chi connectivity index (χ0v) is 16.3. The molecule has 0 N–H and O–H groups in total. The van der Waals surface area contributed by atoms with E-state index >= 15 is 0 Å². The number of amides is 1. The van der Waals surface area contributed by atoms with Gasteiger partial charge in [-0.2, -0.15) is 0 Å². The zero-order chi connectivity index (χ0) is 18.8. The van der Waals surface area contributed by atoms with Gasteiger partial charge in [0.1, 0.15) is 12.7 Å². The smallest absolute Gasteiger partial charge is 0.253 e. The summed E-state index contributed by atoms with van der Waals surface area (Å²) < 4.78 is 1.83. The van der Waals surface area contributed by atoms with Crippen LogP contribution in [0.1, 0.15) is 43.5 Å². The van der Waals surface area contributed by atoms with Crippen LogP contribution in [0.25, 0.3) is 5.69 Å². The number of carbonyl (C=O) groups is 1. The molecule has 2 aromatic rings. The van der Waals surface area contributed by atoms with Crippen molar-refractivity contribution in [2.75, 3.05) is 26.2 Å². The maximum atomic E-state index is 13.3. The Kier molecular flexibility index (Phi) is 5.25. The fourth-order valence-electron chi connectivity index (χ4n) is 4.05. The minimum Gasteiger partial charge on any atom is -0.337 e. The van der Waals surface area contributed by atoms with E-state index in [1.54, 1.807) is 12.7 Å². The molecule has 1 amide bonds. The SMILES string of the molecule is CC(C)[C@H]1CN(C(=O)c2cccc(-n3cnnc3)c2)CCCN1CC1CC1. The Morgan fingerprint density at radius 3 is 2.67 bits per heavy atom. The lowest BCUT2D eigenvalue weighted by atomic mass is 10.0. The molecule has 1 aliphatic carbocycles. The van der Waals surface area contributed by atoms with Gasteiger partial charge in [-0.05, 0) is 49.3 Å². The fourth-order valence-corrected chi connectivity index (χ4v) is 4.05. The summed E-state index contributed by atoms with van der Waals surface area (Å²) in [4.78, 5) is 18.0. The third-order valence-electron chi connectivity index (χ3n) is 5.81. The summed E-state index contributed by atoms with van der Waals surface area (Å²) in [6, 6.07) is 8.19. The number of nitrogens with zero attached hydrogens (tertiary/aromatic N) is 5. The first-order valence-electron chi connectivity index (χ1n) is 10.1. The molecular weight excluding hydrogens is 338 g/mol. The molecule has 0 unspecified atom stereocenters. The summed E-state index contributed by atoms with van der Waals surface area (Å²) in [5, 5.41) is 7.71. The molecular formula is C21H29N5O. The molecule has 0 spiro atoms. The minimum absolute atomic E-state index is 0.129. The predicted octanol–water partition coefficient (Wildman–Crippen LogP) is 2.85. The average molecular weight is 367 g/mol. The Hall–Kier alpha value is -2.21. The Balaban J connectivity index is 1.51. The van der Waals surface area contributed by atoms with E-state index in [4.69, 9.17) is 0 Å². The Labute approximate surface area is 161 Å². The van der Waals surface area contributed by atoms with Gasteiger partial charge in [-0.25, -0.2) is 0 Å². The largest absolute Gasteiger partial charge is 0.337 e. The zero-order valence-electron chi connectivity index (χ0n) is 16.3. The standard InChI is InChI=1S/C21H29N5O/c1-16(2)20-13-25(10-4-9-24(20)12-17-7-8-17)21(27)18-5-3-6-19(11-18)26-14-22-23-15-26/h3,5-6,11,14-17,20H,4,7-10,12-13H2,1-2H3/t20-/m1/s1. The van der Waals surface area contributed by atoms with Crippen molar-refractivity contribution < 1.29 is 4.79 Å². The van der Waals surface area contributed by atoms with E-state index in [-0.39, 0.29) is 5.91 Å². The molecule has 144 valence electrons. The summed E-state index contributed by atoms with van der Waals surface area (Å²) in [7, 11) is 0. The van der Waals surface area contributed by atoms with Gasteiger partial charge >= 0.3 is 0 Å². The second-order valence-electron chi connectivity index (χ2n) is 8.27. The molecule has 2 heterocycles. The van der Waals surface area contributed by atoms with Crippen LogP contribution in [0, 0.1) is 11.8 Å². The summed E-state index contributed by atoms with van der Waals surface area (Å²) in [5.41, 5.74) is 1.65. The highest BCUT2D eigenvalue weighted by molar-refractivity contribution is 5.94. The number of hydrogen-bond acceptors (Lipinski definition) is 4. The van der Waals surface area contributed by atoms with Crippen molar-refractivity contribution in [2.24, 2.45) is 11.8 Å². The van der Waals surface area contributed by atoms with Crippen LogP contribution in [0.15, 0.2) is 36.9 Å². The molecule has 27 heavy (non-hydrogen) atoms. The molecule has 1 aromatic carbocycles. The van der Waals surface area contributed by atoms with Gasteiger partial charge in [-0.15, -0.1) is 10.2 Å². The molecule has 2 aliphatic rings. The molecule has 1 atom stereocenters. The van der Waals surface area contributed by atoms with Gasteiger partial charge in [0, 0.05) is 43.5 Å². The lowest BCUT2D eigenvalue weighted by Gasteiger charge is -2.34. The maximum Gasteiger partial charge on any atom is 0.253 e. The van der Waals surface area contributed by atoms with Crippen LogP contribution in [0.2, 0.25) is 0 Å². The predicted molar refractivity (Wildman–Crippen MR) is 105 cm³/mol. The fraction of sp³-hybridized carbons (Fsp3) is 0.571. The van der Waals surface area contributed by atoms with Crippen LogP contribution in [-0.4, -0.2) is 62.7 Å². The normalized spacial score (nSPS) is 21.4. The maximum absolute atomic E-state index is 13.3. The van der Waals surface area contributed by atoms with Crippen LogP contribution in [0.4, 0.5) is 0 Å². The monoisotopic (exact) mass is 367 g/mol. The van der Waals surface area contributed by atoms with Crippen molar-refractivity contribution in [1.29, 1.82) is 0 Å². The number of rotatable bonds is 5. The van der Waals surface area contributed by atoms with Gasteiger partial charge in [-0.1, -0.05) is 19.9 Å². The number of aromatic nitrogens is 3. The lowest BCUT2D eigenvalue weighted by Crippen LogP contribution is -2.46. The van der Waals surface area contributed by atoms with Crippen molar-refractivity contribution in [1.82, 2.24) is 24.6 Å². The lowest BCUT2D eigenvalue weighted by molar-refractivity contribution is 0.0704. The third-order valence-corrected chi connectivity index (χ3v) is 5.81. The first kappa shape index (κ1) is 18.2. The summed E-state index contributed by atoms with van der Waals surface area (Å²) >= 11 is 0. The van der Waals surface area contributed by atoms with Gasteiger partial charge < -0.3 is 4.90 Å². The Morgan fingerprint density at radius 1 is 1.19 bits per heavy atom. The van der Waals surface area contributed by atoms with Gasteiger partial charge in [0.2, 0.25) is 0 Å². The highest BCUT2D eigenvalue weighted by atomic mass is 16.2. The first-order valence-corrected chi connectivity index (χ1v) is 10.1. The van der Waals surface area contributed by atoms with E-state index in [2.05, 4.69) is 33.8 Å². The van der Waals surface area contributed by atoms with Crippen molar-refractivity contribution in [3.05, 3.63) is 42.5 Å². The Morgan fingerprint density at radius 2 is 1.96 bits per heavy atom. The minimum atomic E-state index is 0.129. The van der Waals surface area contributed by atoms with E-state index in [1.807, 2.05) is 28.8 Å². The van der Waals surface area contributed by atoms with Crippen LogP contribution < -0.4 is 0 Å². The van der Waals surface area contributed by atoms with E-state index in [1.165, 1.54) is 19.4 Å². The van der Waals surface area contributed by atoms with Crippen molar-refractivity contribution in [3.8, 4) is 5.69 Å². The van der Waals surface area contributed by atoms with E-state index in [0.29, 0.717) is 12.0 Å². The molecule has 1 aliphatic heterocycles. The van der Waals surface area contributed by atoms with Gasteiger partial charge in [0.05, 0.1) is 0 Å². The summed E-state index contributed by atoms with van der Waals surface area (Å²) in [5.74, 6) is 1.55. The van der Waals surface area contributed by atoms with Gasteiger partial charge in [0.25, 0.3) is 5.91 Å². The molecule has 0 radical (unpaired) electrons. The van der Waals surface area contributed by atoms with Crippen LogP contribution in [0.5, 0.6) is 0 Å². The Bertz CT molecular complexity index is 769. The molecule has 1 aromatic heterocycles. The number of benzene rings is 1. The van der Waals surface area contributed by atoms with E-state index in [0.717, 1.165) is 43.2 Å². The number of hydrogen-bond donors (Lipinski definition) is 0. The van der Waals surface area contributed by atoms with Gasteiger partial charge in [-0.3, -0.25) is 14.3 Å². The molecule has 6 heteroatoms. The summed E-state index contributed by atoms with van der Waals surface area (Å²) in [6.45, 7) is 8.52. The third kappa shape index (κ3) is 4.21. The molecule has 1 saturated carbocycles. The van der Waals surface area contributed by atoms with Gasteiger partial charge in [0.15, 0.2) is 0 Å². The second-order valence-corrected chi connectivity index (χ2v) is 8.27. The van der Waals surface area contributed by atoms with Crippen molar-refractivity contribution in [2.45, 2.75) is 39.2 Å². The molecule has 1 saturated heterocycles. The van der Waals surface area contributed by atoms with Crippen LogP contribution >= 0.6 is 0 Å². The molecule has 0 bridgehead atoms. The van der Waals surface area contributed by atoms with Crippen molar-refractivity contribution in [3.63, 3.8) is 0 Å². The highest BCUT2D eigenvalue weighted by Crippen LogP contribution is 2.32. The number of carbonyl (C=O) groups excluding carboxylic acids is 1. The molecule has 4 rings (SSSR count). The molecule has 2 fully saturated rings. The van der Waals surface area contributed by atoms with E-state index in [9.17, 15) is 4.79 Å². The highest BCUT2D eigenvalue weighted by Gasteiger charge is 2.33. The van der Waals surface area contributed by atoms with E-state index < -0.39 is 0 Å². The van der Waals surface area contributed by atoms with Crippen LogP contribution in [-0.2, 0) is 0 Å². The quantitative estimate of drug-likeness (QED) is 0.815. The molecule has 6 nitrogen and oxygen atoms in total. The van der Waals surface area contributed by atoms with Crippen molar-refractivity contribution >= 4 is 5.91 Å². The topological polar surface area (TPSA) is 54.3 Å². The first-order chi connectivity index (χ1) is 13.1. The summed E-state index contributed by atoms with van der Waals surface area (Å²) in [6.07, 6.45) is 7.10. The average Bonchev–Trinajstić information content (AvgIpc) is 3.37.